The lowest BCUT2D eigenvalue weighted by molar-refractivity contribution is -0.124. The molecule has 0 unspecified atom stereocenters. The molecular weight excluding hydrogens is 381 g/mol. The Hall–Kier alpha value is -1.69. The summed E-state index contributed by atoms with van der Waals surface area (Å²) in [7, 11) is 0. The van der Waals surface area contributed by atoms with Crippen molar-refractivity contribution in [1.29, 1.82) is 0 Å². The molecule has 2 aromatic carbocycles. The van der Waals surface area contributed by atoms with Gasteiger partial charge in [0.25, 0.3) is 5.91 Å². The van der Waals surface area contributed by atoms with Crippen molar-refractivity contribution in [2.75, 3.05) is 18.9 Å². The fraction of sp³-hybridized carbons (Fsp3) is 0.222. The van der Waals surface area contributed by atoms with Gasteiger partial charge in [-0.15, -0.1) is 0 Å². The van der Waals surface area contributed by atoms with Crippen molar-refractivity contribution in [3.8, 4) is 0 Å². The molecule has 0 saturated carbocycles. The number of rotatable bonds is 8. The predicted molar refractivity (Wildman–Crippen MR) is 102 cm³/mol. The number of carbonyl (C=O) groups excluding carboxylic acids is 2. The third-order valence-electron chi connectivity index (χ3n) is 3.17. The summed E-state index contributed by atoms with van der Waals surface area (Å²) in [4.78, 5) is 23.5. The van der Waals surface area contributed by atoms with E-state index in [1.165, 1.54) is 23.8 Å². The molecule has 0 fully saturated rings. The van der Waals surface area contributed by atoms with Gasteiger partial charge in [-0.25, -0.2) is 4.79 Å². The second-order valence-corrected chi connectivity index (χ2v) is 7.01. The van der Waals surface area contributed by atoms with Crippen molar-refractivity contribution in [2.24, 2.45) is 0 Å². The molecule has 7 heteroatoms. The average Bonchev–Trinajstić information content (AvgIpc) is 2.62. The van der Waals surface area contributed by atoms with Crippen molar-refractivity contribution >= 4 is 46.8 Å². The summed E-state index contributed by atoms with van der Waals surface area (Å²) in [5.41, 5.74) is 1.50. The average molecular weight is 398 g/mol. The van der Waals surface area contributed by atoms with Crippen LogP contribution < -0.4 is 5.32 Å². The number of hydrogen-bond acceptors (Lipinski definition) is 4. The van der Waals surface area contributed by atoms with E-state index >= 15 is 0 Å². The molecule has 4 nitrogen and oxygen atoms in total. The molecule has 1 amide bonds. The van der Waals surface area contributed by atoms with E-state index in [1.807, 2.05) is 18.2 Å². The van der Waals surface area contributed by atoms with Crippen LogP contribution in [0.2, 0.25) is 10.0 Å². The van der Waals surface area contributed by atoms with Crippen LogP contribution in [0.15, 0.2) is 48.5 Å². The summed E-state index contributed by atoms with van der Waals surface area (Å²) in [6, 6.07) is 14.5. The number of amides is 1. The number of ether oxygens (including phenoxy) is 1. The number of carbonyl (C=O) groups is 2. The fourth-order valence-electron chi connectivity index (χ4n) is 1.92. The lowest BCUT2D eigenvalue weighted by Gasteiger charge is -2.07. The lowest BCUT2D eigenvalue weighted by atomic mass is 10.2. The Labute approximate surface area is 160 Å². The summed E-state index contributed by atoms with van der Waals surface area (Å²) in [5.74, 6) is 0.714. The van der Waals surface area contributed by atoms with E-state index in [4.69, 9.17) is 27.9 Å². The summed E-state index contributed by atoms with van der Waals surface area (Å²) < 4.78 is 4.95. The van der Waals surface area contributed by atoms with Crippen LogP contribution in [0.25, 0.3) is 0 Å². The minimum atomic E-state index is -0.618. The van der Waals surface area contributed by atoms with Crippen molar-refractivity contribution < 1.29 is 14.3 Å². The Morgan fingerprint density at radius 2 is 1.80 bits per heavy atom. The zero-order chi connectivity index (χ0) is 18.1. The minimum Gasteiger partial charge on any atom is -0.452 e. The van der Waals surface area contributed by atoms with E-state index in [0.717, 1.165) is 11.5 Å². The number of nitrogens with one attached hydrogen (secondary N) is 1. The monoisotopic (exact) mass is 397 g/mol. The second kappa shape index (κ2) is 10.3. The summed E-state index contributed by atoms with van der Waals surface area (Å²) in [6.07, 6.45) is 0. The first kappa shape index (κ1) is 19.6. The fourth-order valence-corrected chi connectivity index (χ4v) is 3.03. The van der Waals surface area contributed by atoms with Gasteiger partial charge in [0.2, 0.25) is 0 Å². The van der Waals surface area contributed by atoms with Gasteiger partial charge in [-0.3, -0.25) is 4.79 Å². The molecule has 1 N–H and O–H groups in total. The lowest BCUT2D eigenvalue weighted by Crippen LogP contribution is -2.30. The van der Waals surface area contributed by atoms with Crippen LogP contribution in [0.5, 0.6) is 0 Å². The van der Waals surface area contributed by atoms with E-state index in [-0.39, 0.29) is 23.1 Å². The normalized spacial score (nSPS) is 10.3. The molecule has 0 atom stereocenters. The van der Waals surface area contributed by atoms with Crippen LogP contribution in [0.1, 0.15) is 15.9 Å². The third-order valence-corrected chi connectivity index (χ3v) is 4.94. The van der Waals surface area contributed by atoms with Gasteiger partial charge in [-0.05, 0) is 23.8 Å². The van der Waals surface area contributed by atoms with E-state index in [0.29, 0.717) is 11.6 Å². The van der Waals surface area contributed by atoms with E-state index in [9.17, 15) is 9.59 Å². The summed E-state index contributed by atoms with van der Waals surface area (Å²) in [5, 5.41) is 3.32. The van der Waals surface area contributed by atoms with Crippen LogP contribution in [0.3, 0.4) is 0 Å². The summed E-state index contributed by atoms with van der Waals surface area (Å²) in [6.45, 7) is 0.184. The predicted octanol–water partition coefficient (Wildman–Crippen LogP) is 4.20. The molecule has 0 aliphatic heterocycles. The van der Waals surface area contributed by atoms with E-state index < -0.39 is 5.97 Å². The van der Waals surface area contributed by atoms with Crippen molar-refractivity contribution in [3.05, 3.63) is 69.7 Å². The Balaban J connectivity index is 1.61. The number of thioether (sulfide) groups is 1. The van der Waals surface area contributed by atoms with Gasteiger partial charge in [0.1, 0.15) is 0 Å². The highest BCUT2D eigenvalue weighted by molar-refractivity contribution is 7.98. The molecule has 25 heavy (non-hydrogen) atoms. The molecule has 132 valence electrons. The van der Waals surface area contributed by atoms with Gasteiger partial charge < -0.3 is 10.1 Å². The van der Waals surface area contributed by atoms with Crippen LogP contribution >= 0.6 is 35.0 Å². The van der Waals surface area contributed by atoms with Crippen molar-refractivity contribution in [2.45, 2.75) is 5.75 Å². The first-order chi connectivity index (χ1) is 12.1. The maximum Gasteiger partial charge on any atom is 0.338 e. The number of hydrogen-bond donors (Lipinski definition) is 1. The van der Waals surface area contributed by atoms with Crippen LogP contribution in [0, 0.1) is 0 Å². The van der Waals surface area contributed by atoms with Gasteiger partial charge in [0.05, 0.1) is 15.6 Å². The van der Waals surface area contributed by atoms with Crippen LogP contribution in [-0.4, -0.2) is 30.8 Å². The Morgan fingerprint density at radius 1 is 1.04 bits per heavy atom. The highest BCUT2D eigenvalue weighted by Gasteiger charge is 2.11. The maximum absolute atomic E-state index is 11.8. The smallest absolute Gasteiger partial charge is 0.338 e. The molecular formula is C18H17Cl2NO3S. The van der Waals surface area contributed by atoms with Gasteiger partial charge >= 0.3 is 5.97 Å². The second-order valence-electron chi connectivity index (χ2n) is 5.09. The molecule has 0 aliphatic carbocycles. The summed E-state index contributed by atoms with van der Waals surface area (Å²) >= 11 is 13.3. The van der Waals surface area contributed by atoms with Gasteiger partial charge in [-0.2, -0.15) is 11.8 Å². The maximum atomic E-state index is 11.8. The zero-order valence-corrected chi connectivity index (χ0v) is 15.7. The zero-order valence-electron chi connectivity index (χ0n) is 13.3. The first-order valence-electron chi connectivity index (χ1n) is 7.57. The molecule has 2 aromatic rings. The van der Waals surface area contributed by atoms with Crippen LogP contribution in [0.4, 0.5) is 0 Å². The van der Waals surface area contributed by atoms with Gasteiger partial charge in [0, 0.05) is 18.1 Å². The molecule has 0 saturated heterocycles. The molecule has 2 rings (SSSR count). The van der Waals surface area contributed by atoms with Crippen molar-refractivity contribution in [1.82, 2.24) is 5.32 Å². The quantitative estimate of drug-likeness (QED) is 0.535. The standard InChI is InChI=1S/C18H17Cl2NO3S/c19-15-7-6-14(10-16(15)20)18(23)24-11-17(22)21-8-9-25-12-13-4-2-1-3-5-13/h1-7,10H,8-9,11-12H2,(H,21,22). The molecule has 0 radical (unpaired) electrons. The van der Waals surface area contributed by atoms with Crippen LogP contribution in [-0.2, 0) is 15.3 Å². The van der Waals surface area contributed by atoms with Crippen molar-refractivity contribution in [3.63, 3.8) is 0 Å². The topological polar surface area (TPSA) is 55.4 Å². The highest BCUT2D eigenvalue weighted by atomic mass is 35.5. The Morgan fingerprint density at radius 3 is 2.52 bits per heavy atom. The number of benzene rings is 2. The molecule has 0 aromatic heterocycles. The third kappa shape index (κ3) is 6.98. The molecule has 0 spiro atoms. The Bertz CT molecular complexity index is 726. The molecule has 0 heterocycles. The Kier molecular flexibility index (Phi) is 8.12. The largest absolute Gasteiger partial charge is 0.452 e. The van der Waals surface area contributed by atoms with Gasteiger partial charge in [-0.1, -0.05) is 53.5 Å². The SMILES string of the molecule is O=C(COC(=O)c1ccc(Cl)c(Cl)c1)NCCSCc1ccccc1. The first-order valence-corrected chi connectivity index (χ1v) is 9.48. The number of esters is 1. The van der Waals surface area contributed by atoms with Gasteiger partial charge in [0.15, 0.2) is 6.61 Å². The highest BCUT2D eigenvalue weighted by Crippen LogP contribution is 2.22. The molecule has 0 aliphatic rings. The number of halogens is 2. The molecule has 0 bridgehead atoms. The van der Waals surface area contributed by atoms with E-state index in [2.05, 4.69) is 17.4 Å². The minimum absolute atomic E-state index is 0.251. The van der Waals surface area contributed by atoms with E-state index in [1.54, 1.807) is 11.8 Å².